The van der Waals surface area contributed by atoms with Crippen molar-refractivity contribution in [3.05, 3.63) is 146 Å². The second-order valence-corrected chi connectivity index (χ2v) is 11.0. The molecule has 43 heavy (non-hydrogen) atoms. The van der Waals surface area contributed by atoms with E-state index in [0.717, 1.165) is 50.0 Å². The molecule has 0 aliphatic rings. The summed E-state index contributed by atoms with van der Waals surface area (Å²) in [6.45, 7) is 0. The summed E-state index contributed by atoms with van der Waals surface area (Å²) in [5.74, 6) is 0.694. The zero-order valence-electron chi connectivity index (χ0n) is 23.2. The van der Waals surface area contributed by atoms with Gasteiger partial charge in [0.2, 0.25) is 0 Å². The summed E-state index contributed by atoms with van der Waals surface area (Å²) >= 11 is 0. The lowest BCUT2D eigenvalue weighted by Gasteiger charge is -2.15. The third-order valence-electron chi connectivity index (χ3n) is 8.46. The summed E-state index contributed by atoms with van der Waals surface area (Å²) in [5, 5.41) is 9.35. The van der Waals surface area contributed by atoms with Gasteiger partial charge in [0.15, 0.2) is 5.82 Å². The van der Waals surface area contributed by atoms with E-state index in [-0.39, 0.29) is 0 Å². The quantitative estimate of drug-likeness (QED) is 0.163. The van der Waals surface area contributed by atoms with Gasteiger partial charge in [-0.15, -0.1) is 0 Å². The predicted octanol–water partition coefficient (Wildman–Crippen LogP) is 10.8. The van der Waals surface area contributed by atoms with E-state index in [0.29, 0.717) is 5.82 Å². The lowest BCUT2D eigenvalue weighted by Crippen LogP contribution is -1.97. The number of benzene rings is 7. The van der Waals surface area contributed by atoms with E-state index in [1.807, 2.05) is 42.5 Å². The van der Waals surface area contributed by atoms with Crippen molar-refractivity contribution >= 4 is 54.3 Å². The first-order valence-corrected chi connectivity index (χ1v) is 14.5. The Kier molecular flexibility index (Phi) is 5.20. The molecular weight excluding hydrogens is 524 g/mol. The molecule has 0 bridgehead atoms. The highest BCUT2D eigenvalue weighted by Gasteiger charge is 2.19. The molecule has 0 unspecified atom stereocenters. The van der Waals surface area contributed by atoms with Crippen LogP contribution in [0.1, 0.15) is 0 Å². The minimum atomic E-state index is 0.694. The van der Waals surface area contributed by atoms with Crippen molar-refractivity contribution in [2.24, 2.45) is 0 Å². The summed E-state index contributed by atoms with van der Waals surface area (Å²) in [6, 6.07) is 50.8. The van der Waals surface area contributed by atoms with E-state index < -0.39 is 0 Å². The van der Waals surface area contributed by atoms with Crippen LogP contribution in [0, 0.1) is 0 Å². The maximum atomic E-state index is 6.26. The fourth-order valence-electron chi connectivity index (χ4n) is 6.51. The minimum Gasteiger partial charge on any atom is -0.456 e. The van der Waals surface area contributed by atoms with Crippen LogP contribution in [-0.2, 0) is 0 Å². The number of furan rings is 1. The number of para-hydroxylation sites is 1. The Bertz CT molecular complexity index is 2510. The van der Waals surface area contributed by atoms with Crippen LogP contribution in [0.4, 0.5) is 0 Å². The first-order valence-electron chi connectivity index (χ1n) is 14.5. The first-order chi connectivity index (χ1) is 21.3. The smallest absolute Gasteiger partial charge is 0.160 e. The van der Waals surface area contributed by atoms with Crippen LogP contribution in [0.2, 0.25) is 0 Å². The maximum absolute atomic E-state index is 6.26. The SMILES string of the molecule is c1ccc(-c2nc(-c3c4ccccc4cc4c3ccc3ccccc34)cc(-c3cccc4oc5ccccc5c34)n2)cc1. The van der Waals surface area contributed by atoms with Crippen LogP contribution in [0.25, 0.3) is 88.2 Å². The van der Waals surface area contributed by atoms with E-state index in [1.165, 1.54) is 32.3 Å². The molecule has 0 fully saturated rings. The van der Waals surface area contributed by atoms with Crippen molar-refractivity contribution in [3.8, 4) is 33.9 Å². The zero-order valence-corrected chi connectivity index (χ0v) is 23.2. The highest BCUT2D eigenvalue weighted by Crippen LogP contribution is 2.42. The van der Waals surface area contributed by atoms with Crippen molar-refractivity contribution in [3.63, 3.8) is 0 Å². The molecule has 0 aliphatic heterocycles. The highest BCUT2D eigenvalue weighted by atomic mass is 16.3. The second kappa shape index (κ2) is 9.37. The molecule has 0 atom stereocenters. The van der Waals surface area contributed by atoms with Gasteiger partial charge in [-0.2, -0.15) is 0 Å². The molecule has 0 amide bonds. The molecule has 0 aliphatic carbocycles. The van der Waals surface area contributed by atoms with Crippen molar-refractivity contribution in [2.75, 3.05) is 0 Å². The topological polar surface area (TPSA) is 38.9 Å². The van der Waals surface area contributed by atoms with Crippen molar-refractivity contribution in [1.29, 1.82) is 0 Å². The van der Waals surface area contributed by atoms with Gasteiger partial charge in [0.05, 0.1) is 11.4 Å². The second-order valence-electron chi connectivity index (χ2n) is 11.0. The fourth-order valence-corrected chi connectivity index (χ4v) is 6.51. The number of rotatable bonds is 3. The number of hydrogen-bond acceptors (Lipinski definition) is 3. The van der Waals surface area contributed by atoms with E-state index in [4.69, 9.17) is 14.4 Å². The van der Waals surface area contributed by atoms with Crippen molar-refractivity contribution in [2.45, 2.75) is 0 Å². The lowest BCUT2D eigenvalue weighted by atomic mass is 9.91. The lowest BCUT2D eigenvalue weighted by molar-refractivity contribution is 0.669. The van der Waals surface area contributed by atoms with E-state index in [1.54, 1.807) is 0 Å². The van der Waals surface area contributed by atoms with E-state index >= 15 is 0 Å². The summed E-state index contributed by atoms with van der Waals surface area (Å²) in [7, 11) is 0. The van der Waals surface area contributed by atoms with E-state index in [2.05, 4.69) is 103 Å². The summed E-state index contributed by atoms with van der Waals surface area (Å²) in [6.07, 6.45) is 0. The fraction of sp³-hybridized carbons (Fsp3) is 0. The summed E-state index contributed by atoms with van der Waals surface area (Å²) < 4.78 is 6.26. The molecule has 0 N–H and O–H groups in total. The number of hydrogen-bond donors (Lipinski definition) is 0. The third kappa shape index (κ3) is 3.75. The average molecular weight is 549 g/mol. The molecule has 3 nitrogen and oxygen atoms in total. The van der Waals surface area contributed by atoms with Crippen LogP contribution >= 0.6 is 0 Å². The predicted molar refractivity (Wildman–Crippen MR) is 178 cm³/mol. The van der Waals surface area contributed by atoms with Crippen LogP contribution in [0.3, 0.4) is 0 Å². The van der Waals surface area contributed by atoms with Gasteiger partial charge in [0, 0.05) is 27.5 Å². The molecule has 9 aromatic rings. The molecule has 7 aromatic carbocycles. The minimum absolute atomic E-state index is 0.694. The van der Waals surface area contributed by atoms with Crippen LogP contribution < -0.4 is 0 Å². The Morgan fingerprint density at radius 1 is 0.419 bits per heavy atom. The molecule has 0 spiro atoms. The van der Waals surface area contributed by atoms with Gasteiger partial charge in [0.1, 0.15) is 11.2 Å². The van der Waals surface area contributed by atoms with Crippen LogP contribution in [-0.4, -0.2) is 9.97 Å². The van der Waals surface area contributed by atoms with Crippen LogP contribution in [0.15, 0.2) is 150 Å². The Balaban J connectivity index is 1.42. The molecular formula is C40H24N2O. The van der Waals surface area contributed by atoms with Gasteiger partial charge in [-0.25, -0.2) is 9.97 Å². The van der Waals surface area contributed by atoms with Gasteiger partial charge in [-0.3, -0.25) is 0 Å². The molecule has 0 saturated heterocycles. The van der Waals surface area contributed by atoms with Gasteiger partial charge in [-0.1, -0.05) is 121 Å². The summed E-state index contributed by atoms with van der Waals surface area (Å²) in [5.41, 5.74) is 6.59. The van der Waals surface area contributed by atoms with Crippen molar-refractivity contribution < 1.29 is 4.42 Å². The van der Waals surface area contributed by atoms with E-state index in [9.17, 15) is 0 Å². The molecule has 2 heterocycles. The number of fused-ring (bicyclic) bond motifs is 7. The molecule has 200 valence electrons. The number of nitrogens with zero attached hydrogens (tertiary/aromatic N) is 2. The van der Waals surface area contributed by atoms with Crippen LogP contribution in [0.5, 0.6) is 0 Å². The van der Waals surface area contributed by atoms with Gasteiger partial charge >= 0.3 is 0 Å². The summed E-state index contributed by atoms with van der Waals surface area (Å²) in [4.78, 5) is 10.5. The molecule has 3 heteroatoms. The van der Waals surface area contributed by atoms with Gasteiger partial charge in [0.25, 0.3) is 0 Å². The molecule has 0 radical (unpaired) electrons. The Labute approximate surface area is 247 Å². The first kappa shape index (κ1) is 23.9. The molecule has 2 aromatic heterocycles. The molecule has 9 rings (SSSR count). The standard InChI is InChI=1S/C40H24N2O/c1-2-12-26(13-3-1)40-41-34(31-18-10-20-37-39(31)32-17-8-9-19-36(32)43-37)24-35(42-40)38-29-16-7-5-14-27(29)23-33-28-15-6-4-11-25(28)21-22-30(33)38/h1-24H. The van der Waals surface area contributed by atoms with Gasteiger partial charge < -0.3 is 4.42 Å². The highest BCUT2D eigenvalue weighted by molar-refractivity contribution is 6.20. The Hall–Kier alpha value is -5.80. The monoisotopic (exact) mass is 548 g/mol. The Morgan fingerprint density at radius 2 is 1.12 bits per heavy atom. The van der Waals surface area contributed by atoms with Crippen molar-refractivity contribution in [1.82, 2.24) is 9.97 Å². The maximum Gasteiger partial charge on any atom is 0.160 e. The zero-order chi connectivity index (χ0) is 28.3. The normalized spacial score (nSPS) is 11.7. The molecule has 0 saturated carbocycles. The largest absolute Gasteiger partial charge is 0.456 e. The third-order valence-corrected chi connectivity index (χ3v) is 8.46. The number of aromatic nitrogens is 2. The Morgan fingerprint density at radius 3 is 2.00 bits per heavy atom. The average Bonchev–Trinajstić information content (AvgIpc) is 3.46. The van der Waals surface area contributed by atoms with Gasteiger partial charge in [-0.05, 0) is 56.6 Å².